The Bertz CT molecular complexity index is 628. The molecule has 20 heavy (non-hydrogen) atoms. The van der Waals surface area contributed by atoms with Crippen LogP contribution in [0.2, 0.25) is 0 Å². The number of rotatable bonds is 4. The molecule has 2 rings (SSSR count). The molecule has 0 aliphatic rings. The lowest BCUT2D eigenvalue weighted by Gasteiger charge is -2.12. The van der Waals surface area contributed by atoms with E-state index in [0.29, 0.717) is 6.42 Å². The molecule has 3 nitrogen and oxygen atoms in total. The van der Waals surface area contributed by atoms with Gasteiger partial charge in [0, 0.05) is 16.6 Å². The van der Waals surface area contributed by atoms with Gasteiger partial charge < -0.3 is 0 Å². The predicted octanol–water partition coefficient (Wildman–Crippen LogP) is 5.19. The van der Waals surface area contributed by atoms with Gasteiger partial charge >= 0.3 is 0 Å². The van der Waals surface area contributed by atoms with E-state index in [0.717, 1.165) is 15.6 Å². The molecular weight excluding hydrogens is 342 g/mol. The highest BCUT2D eigenvalue weighted by atomic mass is 79.9. The summed E-state index contributed by atoms with van der Waals surface area (Å²) >= 11 is 9.95. The highest BCUT2D eigenvalue weighted by molar-refractivity contribution is 9.10. The number of alkyl halides is 1. The fourth-order valence-electron chi connectivity index (χ4n) is 1.96. The van der Waals surface area contributed by atoms with Gasteiger partial charge in [0.15, 0.2) is 0 Å². The molecule has 104 valence electrons. The molecule has 5 heteroatoms. The molecule has 0 N–H and O–H groups in total. The lowest BCUT2D eigenvalue weighted by molar-refractivity contribution is -0.384. The Labute approximate surface area is 130 Å². The molecule has 0 aromatic heterocycles. The molecular formula is C15H13BrClNO2. The van der Waals surface area contributed by atoms with Crippen LogP contribution in [-0.4, -0.2) is 4.92 Å². The lowest BCUT2D eigenvalue weighted by Crippen LogP contribution is -1.98. The number of nitro benzene ring substituents is 1. The Kier molecular flexibility index (Phi) is 4.78. The molecule has 0 amide bonds. The van der Waals surface area contributed by atoms with Crippen LogP contribution in [0.4, 0.5) is 5.69 Å². The summed E-state index contributed by atoms with van der Waals surface area (Å²) in [7, 11) is 0. The van der Waals surface area contributed by atoms with Crippen LogP contribution in [0.25, 0.3) is 0 Å². The van der Waals surface area contributed by atoms with E-state index >= 15 is 0 Å². The van der Waals surface area contributed by atoms with Crippen molar-refractivity contribution in [2.75, 3.05) is 0 Å². The van der Waals surface area contributed by atoms with E-state index in [2.05, 4.69) is 15.9 Å². The van der Waals surface area contributed by atoms with Gasteiger partial charge in [-0.05, 0) is 36.1 Å². The second-order valence-corrected chi connectivity index (χ2v) is 6.00. The fourth-order valence-corrected chi connectivity index (χ4v) is 3.23. The van der Waals surface area contributed by atoms with Crippen LogP contribution in [0, 0.1) is 17.0 Å². The summed E-state index contributed by atoms with van der Waals surface area (Å²) in [6.07, 6.45) is 0.626. The topological polar surface area (TPSA) is 43.1 Å². The van der Waals surface area contributed by atoms with Crippen molar-refractivity contribution in [2.45, 2.75) is 18.7 Å². The molecule has 0 bridgehead atoms. The molecule has 2 aromatic rings. The van der Waals surface area contributed by atoms with Crippen LogP contribution in [0.15, 0.2) is 46.9 Å². The first-order valence-corrected chi connectivity index (χ1v) is 7.34. The molecule has 0 saturated heterocycles. The minimum absolute atomic E-state index is 0.0939. The molecule has 0 heterocycles. The number of benzene rings is 2. The Hall–Kier alpha value is -1.39. The zero-order valence-corrected chi connectivity index (χ0v) is 13.2. The van der Waals surface area contributed by atoms with Crippen molar-refractivity contribution >= 4 is 33.2 Å². The smallest absolute Gasteiger partial charge is 0.258 e. The third kappa shape index (κ3) is 3.58. The van der Waals surface area contributed by atoms with E-state index in [1.807, 2.05) is 25.1 Å². The van der Waals surface area contributed by atoms with Gasteiger partial charge in [0.25, 0.3) is 5.69 Å². The summed E-state index contributed by atoms with van der Waals surface area (Å²) in [4.78, 5) is 10.2. The van der Waals surface area contributed by atoms with Gasteiger partial charge in [-0.15, -0.1) is 11.6 Å². The summed E-state index contributed by atoms with van der Waals surface area (Å²) in [6, 6.07) is 12.5. The minimum Gasteiger partial charge on any atom is -0.258 e. The third-order valence-corrected chi connectivity index (χ3v) is 4.13. The van der Waals surface area contributed by atoms with Gasteiger partial charge in [-0.1, -0.05) is 40.2 Å². The zero-order chi connectivity index (χ0) is 14.7. The molecule has 0 spiro atoms. The van der Waals surface area contributed by atoms with Crippen molar-refractivity contribution in [3.05, 3.63) is 73.7 Å². The number of non-ortho nitro benzene ring substituents is 1. The van der Waals surface area contributed by atoms with Crippen LogP contribution in [-0.2, 0) is 6.42 Å². The van der Waals surface area contributed by atoms with E-state index in [-0.39, 0.29) is 11.1 Å². The van der Waals surface area contributed by atoms with Gasteiger partial charge in [0.1, 0.15) is 0 Å². The third-order valence-electron chi connectivity index (χ3n) is 3.06. The van der Waals surface area contributed by atoms with E-state index in [1.54, 1.807) is 12.1 Å². The summed E-state index contributed by atoms with van der Waals surface area (Å²) in [5.74, 6) is 0. The number of nitro groups is 1. The molecule has 2 aromatic carbocycles. The SMILES string of the molecule is Cc1ccc(C(Cl)Cc2ccc([N+](=O)[O-])cc2)c(Br)c1. The summed E-state index contributed by atoms with van der Waals surface area (Å²) < 4.78 is 0.986. The van der Waals surface area contributed by atoms with Crippen LogP contribution < -0.4 is 0 Å². The average Bonchev–Trinajstić information content (AvgIpc) is 2.39. The lowest BCUT2D eigenvalue weighted by atomic mass is 10.0. The number of hydrogen-bond donors (Lipinski definition) is 0. The number of hydrogen-bond acceptors (Lipinski definition) is 2. The molecule has 0 radical (unpaired) electrons. The van der Waals surface area contributed by atoms with Crippen LogP contribution in [0.3, 0.4) is 0 Å². The monoisotopic (exact) mass is 353 g/mol. The van der Waals surface area contributed by atoms with Gasteiger partial charge in [-0.2, -0.15) is 0 Å². The Balaban J connectivity index is 2.14. The fraction of sp³-hybridized carbons (Fsp3) is 0.200. The van der Waals surface area contributed by atoms with Crippen molar-refractivity contribution in [2.24, 2.45) is 0 Å². The molecule has 0 fully saturated rings. The van der Waals surface area contributed by atoms with Gasteiger partial charge in [-0.25, -0.2) is 0 Å². The first-order valence-electron chi connectivity index (χ1n) is 6.11. The maximum atomic E-state index is 10.6. The summed E-state index contributed by atoms with van der Waals surface area (Å²) in [6.45, 7) is 2.02. The molecule has 0 saturated carbocycles. The second-order valence-electron chi connectivity index (χ2n) is 4.62. The highest BCUT2D eigenvalue weighted by Crippen LogP contribution is 2.31. The molecule has 1 unspecified atom stereocenters. The molecule has 0 aliphatic carbocycles. The number of halogens is 2. The second kappa shape index (κ2) is 6.37. The Morgan fingerprint density at radius 2 is 1.90 bits per heavy atom. The van der Waals surface area contributed by atoms with Crippen LogP contribution in [0.5, 0.6) is 0 Å². The van der Waals surface area contributed by atoms with E-state index in [4.69, 9.17) is 11.6 Å². The quantitative estimate of drug-likeness (QED) is 0.431. The minimum atomic E-state index is -0.404. The largest absolute Gasteiger partial charge is 0.269 e. The van der Waals surface area contributed by atoms with Crippen molar-refractivity contribution in [1.29, 1.82) is 0 Å². The average molecular weight is 355 g/mol. The zero-order valence-electron chi connectivity index (χ0n) is 10.8. The predicted molar refractivity (Wildman–Crippen MR) is 84.3 cm³/mol. The van der Waals surface area contributed by atoms with E-state index in [9.17, 15) is 10.1 Å². The Morgan fingerprint density at radius 3 is 2.45 bits per heavy atom. The normalized spacial score (nSPS) is 12.2. The van der Waals surface area contributed by atoms with Gasteiger partial charge in [-0.3, -0.25) is 10.1 Å². The van der Waals surface area contributed by atoms with Gasteiger partial charge in [0.2, 0.25) is 0 Å². The first kappa shape index (κ1) is 15.0. The van der Waals surface area contributed by atoms with Crippen molar-refractivity contribution in [3.63, 3.8) is 0 Å². The number of nitrogens with zero attached hydrogens (tertiary/aromatic N) is 1. The highest BCUT2D eigenvalue weighted by Gasteiger charge is 2.13. The maximum absolute atomic E-state index is 10.6. The van der Waals surface area contributed by atoms with Crippen molar-refractivity contribution in [3.8, 4) is 0 Å². The van der Waals surface area contributed by atoms with Crippen LogP contribution >= 0.6 is 27.5 Å². The van der Waals surface area contributed by atoms with Crippen molar-refractivity contribution in [1.82, 2.24) is 0 Å². The Morgan fingerprint density at radius 1 is 1.25 bits per heavy atom. The van der Waals surface area contributed by atoms with Gasteiger partial charge in [0.05, 0.1) is 10.3 Å². The standard InChI is InChI=1S/C15H13BrClNO2/c1-10-2-7-13(14(16)8-10)15(17)9-11-3-5-12(6-4-11)18(19)20/h2-8,15H,9H2,1H3. The van der Waals surface area contributed by atoms with E-state index in [1.165, 1.54) is 17.7 Å². The van der Waals surface area contributed by atoms with E-state index < -0.39 is 4.92 Å². The molecule has 0 aliphatic heterocycles. The molecule has 1 atom stereocenters. The summed E-state index contributed by atoms with van der Waals surface area (Å²) in [5, 5.41) is 10.4. The first-order chi connectivity index (χ1) is 9.47. The maximum Gasteiger partial charge on any atom is 0.269 e. The summed E-state index contributed by atoms with van der Waals surface area (Å²) in [5.41, 5.74) is 3.26. The number of aryl methyl sites for hydroxylation is 1. The van der Waals surface area contributed by atoms with Crippen molar-refractivity contribution < 1.29 is 4.92 Å². The van der Waals surface area contributed by atoms with Crippen LogP contribution in [0.1, 0.15) is 22.1 Å².